The van der Waals surface area contributed by atoms with E-state index in [4.69, 9.17) is 9.47 Å². The summed E-state index contributed by atoms with van der Waals surface area (Å²) >= 11 is 0.807. The van der Waals surface area contributed by atoms with Crippen molar-refractivity contribution in [2.75, 3.05) is 13.7 Å². The molecule has 0 radical (unpaired) electrons. The minimum absolute atomic E-state index is 0.275. The zero-order valence-corrected chi connectivity index (χ0v) is 13.9. The lowest BCUT2D eigenvalue weighted by Gasteiger charge is -2.13. The van der Waals surface area contributed by atoms with Crippen molar-refractivity contribution in [3.63, 3.8) is 0 Å². The first-order valence-electron chi connectivity index (χ1n) is 6.99. The molecule has 0 atom stereocenters. The molecule has 0 bridgehead atoms. The Morgan fingerprint density at radius 3 is 2.48 bits per heavy atom. The van der Waals surface area contributed by atoms with Crippen LogP contribution < -0.4 is 4.74 Å². The van der Waals surface area contributed by atoms with Gasteiger partial charge in [-0.15, -0.1) is 0 Å². The number of hydrogen-bond donors (Lipinski definition) is 0. The second kappa shape index (κ2) is 7.32. The summed E-state index contributed by atoms with van der Waals surface area (Å²) in [6.45, 7) is 3.04. The van der Waals surface area contributed by atoms with Crippen molar-refractivity contribution in [3.05, 3.63) is 34.7 Å². The lowest BCUT2D eigenvalue weighted by molar-refractivity contribution is -0.149. The number of hydrogen-bond acceptors (Lipinski definition) is 6. The second-order valence-corrected chi connectivity index (χ2v) is 6.07. The standard InChI is InChI=1S/C16H17NO5S/c1-10(2)22-14(18)9-17-15(19)13(23-16(17)20)8-11-4-6-12(21-3)7-5-11/h4-8,10H,9H2,1-3H3/b13-8+. The third-order valence-corrected chi connectivity index (χ3v) is 3.85. The molecule has 0 aromatic heterocycles. The Morgan fingerprint density at radius 1 is 1.26 bits per heavy atom. The summed E-state index contributed by atoms with van der Waals surface area (Å²) in [5, 5.41) is -0.476. The Bertz CT molecular complexity index is 651. The maximum absolute atomic E-state index is 12.2. The van der Waals surface area contributed by atoms with Crippen LogP contribution in [0.5, 0.6) is 5.75 Å². The van der Waals surface area contributed by atoms with Gasteiger partial charge in [0.05, 0.1) is 18.1 Å². The second-order valence-electron chi connectivity index (χ2n) is 5.08. The Labute approximate surface area is 138 Å². The number of ether oxygens (including phenoxy) is 2. The van der Waals surface area contributed by atoms with Gasteiger partial charge in [0.1, 0.15) is 12.3 Å². The third-order valence-electron chi connectivity index (χ3n) is 2.94. The van der Waals surface area contributed by atoms with Crippen LogP contribution in [0.15, 0.2) is 29.2 Å². The minimum atomic E-state index is -0.604. The first-order chi connectivity index (χ1) is 10.9. The molecule has 7 heteroatoms. The molecule has 1 aliphatic rings. The van der Waals surface area contributed by atoms with Gasteiger partial charge >= 0.3 is 5.97 Å². The van der Waals surface area contributed by atoms with Crippen molar-refractivity contribution in [2.45, 2.75) is 20.0 Å². The van der Waals surface area contributed by atoms with E-state index in [2.05, 4.69) is 0 Å². The lowest BCUT2D eigenvalue weighted by Crippen LogP contribution is -2.35. The number of methoxy groups -OCH3 is 1. The van der Waals surface area contributed by atoms with E-state index in [1.807, 2.05) is 0 Å². The average Bonchev–Trinajstić information content (AvgIpc) is 2.75. The zero-order valence-electron chi connectivity index (χ0n) is 13.1. The zero-order chi connectivity index (χ0) is 17.0. The van der Waals surface area contributed by atoms with Crippen LogP contribution >= 0.6 is 11.8 Å². The van der Waals surface area contributed by atoms with Crippen LogP contribution in [-0.4, -0.2) is 41.8 Å². The van der Waals surface area contributed by atoms with Gasteiger partial charge in [-0.2, -0.15) is 0 Å². The van der Waals surface area contributed by atoms with Crippen molar-refractivity contribution in [2.24, 2.45) is 0 Å². The van der Waals surface area contributed by atoms with Crippen molar-refractivity contribution < 1.29 is 23.9 Å². The maximum Gasteiger partial charge on any atom is 0.326 e. The van der Waals surface area contributed by atoms with Gasteiger partial charge < -0.3 is 9.47 Å². The highest BCUT2D eigenvalue weighted by Crippen LogP contribution is 2.32. The van der Waals surface area contributed by atoms with E-state index >= 15 is 0 Å². The number of carbonyl (C=O) groups is 3. The number of rotatable bonds is 5. The molecule has 1 heterocycles. The van der Waals surface area contributed by atoms with Crippen LogP contribution in [-0.2, 0) is 14.3 Å². The first kappa shape index (κ1) is 17.1. The number of carbonyl (C=O) groups excluding carboxylic acids is 3. The normalized spacial score (nSPS) is 16.3. The van der Waals surface area contributed by atoms with Gasteiger partial charge in [0.25, 0.3) is 11.1 Å². The van der Waals surface area contributed by atoms with Crippen LogP contribution in [0, 0.1) is 0 Å². The van der Waals surface area contributed by atoms with Crippen molar-refractivity contribution >= 4 is 35.0 Å². The van der Waals surface area contributed by atoms with Crippen LogP contribution in [0.2, 0.25) is 0 Å². The highest BCUT2D eigenvalue weighted by atomic mass is 32.2. The summed E-state index contributed by atoms with van der Waals surface area (Å²) < 4.78 is 10.0. The Morgan fingerprint density at radius 2 is 1.91 bits per heavy atom. The molecule has 1 aromatic rings. The lowest BCUT2D eigenvalue weighted by atomic mass is 10.2. The summed E-state index contributed by atoms with van der Waals surface area (Å²) in [7, 11) is 1.57. The molecule has 0 aliphatic carbocycles. The van der Waals surface area contributed by atoms with Crippen LogP contribution in [0.25, 0.3) is 6.08 Å². The molecule has 2 amide bonds. The number of nitrogens with zero attached hydrogens (tertiary/aromatic N) is 1. The molecule has 122 valence electrons. The highest BCUT2D eigenvalue weighted by molar-refractivity contribution is 8.18. The van der Waals surface area contributed by atoms with E-state index in [0.29, 0.717) is 5.75 Å². The third kappa shape index (κ3) is 4.35. The van der Waals surface area contributed by atoms with E-state index in [1.165, 1.54) is 0 Å². The van der Waals surface area contributed by atoms with Crippen LogP contribution in [0.3, 0.4) is 0 Å². The predicted octanol–water partition coefficient (Wildman–Crippen LogP) is 2.68. The van der Waals surface area contributed by atoms with Gasteiger partial charge in [0.15, 0.2) is 0 Å². The fourth-order valence-electron chi connectivity index (χ4n) is 1.92. The number of imide groups is 1. The number of amides is 2. The van der Waals surface area contributed by atoms with Crippen molar-refractivity contribution in [3.8, 4) is 5.75 Å². The fraction of sp³-hybridized carbons (Fsp3) is 0.312. The van der Waals surface area contributed by atoms with E-state index in [1.54, 1.807) is 51.3 Å². The van der Waals surface area contributed by atoms with Gasteiger partial charge in [-0.25, -0.2) is 0 Å². The molecule has 0 unspecified atom stereocenters. The smallest absolute Gasteiger partial charge is 0.326 e. The highest BCUT2D eigenvalue weighted by Gasteiger charge is 2.36. The first-order valence-corrected chi connectivity index (χ1v) is 7.81. The summed E-state index contributed by atoms with van der Waals surface area (Å²) in [4.78, 5) is 36.9. The van der Waals surface area contributed by atoms with E-state index in [0.717, 1.165) is 22.2 Å². The minimum Gasteiger partial charge on any atom is -0.497 e. The molecule has 1 fully saturated rings. The monoisotopic (exact) mass is 335 g/mol. The Hall–Kier alpha value is -2.28. The fourth-order valence-corrected chi connectivity index (χ4v) is 2.76. The number of benzene rings is 1. The Balaban J connectivity index is 2.10. The molecular weight excluding hydrogens is 318 g/mol. The van der Waals surface area contributed by atoms with E-state index in [9.17, 15) is 14.4 Å². The molecular formula is C16H17NO5S. The van der Waals surface area contributed by atoms with Gasteiger partial charge in [-0.3, -0.25) is 19.3 Å². The van der Waals surface area contributed by atoms with Gasteiger partial charge in [0.2, 0.25) is 0 Å². The molecule has 0 spiro atoms. The average molecular weight is 335 g/mol. The quantitative estimate of drug-likeness (QED) is 0.608. The van der Waals surface area contributed by atoms with Gasteiger partial charge in [-0.1, -0.05) is 12.1 Å². The largest absolute Gasteiger partial charge is 0.497 e. The molecule has 0 saturated carbocycles. The topological polar surface area (TPSA) is 72.9 Å². The van der Waals surface area contributed by atoms with E-state index in [-0.39, 0.29) is 17.6 Å². The molecule has 1 aromatic carbocycles. The van der Waals surface area contributed by atoms with E-state index < -0.39 is 17.1 Å². The molecule has 1 saturated heterocycles. The SMILES string of the molecule is COc1ccc(/C=C2/SC(=O)N(CC(=O)OC(C)C)C2=O)cc1. The summed E-state index contributed by atoms with van der Waals surface area (Å²) in [6.07, 6.45) is 1.32. The molecule has 23 heavy (non-hydrogen) atoms. The molecule has 0 N–H and O–H groups in total. The van der Waals surface area contributed by atoms with Crippen molar-refractivity contribution in [1.82, 2.24) is 4.90 Å². The van der Waals surface area contributed by atoms with Crippen molar-refractivity contribution in [1.29, 1.82) is 0 Å². The van der Waals surface area contributed by atoms with Crippen LogP contribution in [0.1, 0.15) is 19.4 Å². The molecule has 6 nitrogen and oxygen atoms in total. The Kier molecular flexibility index (Phi) is 5.44. The molecule has 2 rings (SSSR count). The molecule has 1 aliphatic heterocycles. The van der Waals surface area contributed by atoms with Crippen LogP contribution in [0.4, 0.5) is 4.79 Å². The number of esters is 1. The summed E-state index contributed by atoms with van der Waals surface area (Å²) in [6, 6.07) is 7.08. The number of thioether (sulfide) groups is 1. The predicted molar refractivity (Wildman–Crippen MR) is 86.9 cm³/mol. The summed E-state index contributed by atoms with van der Waals surface area (Å²) in [5.41, 5.74) is 0.765. The summed E-state index contributed by atoms with van der Waals surface area (Å²) in [5.74, 6) is -0.392. The maximum atomic E-state index is 12.2. The van der Waals surface area contributed by atoms with Gasteiger partial charge in [0, 0.05) is 0 Å². The van der Waals surface area contributed by atoms with Gasteiger partial charge in [-0.05, 0) is 49.4 Å².